The van der Waals surface area contributed by atoms with Gasteiger partial charge in [-0.2, -0.15) is 0 Å². The van der Waals surface area contributed by atoms with E-state index < -0.39 is 0 Å². The summed E-state index contributed by atoms with van der Waals surface area (Å²) in [7, 11) is 0. The number of hydrogen-bond acceptors (Lipinski definition) is 4. The third-order valence-electron chi connectivity index (χ3n) is 5.01. The highest BCUT2D eigenvalue weighted by Gasteiger charge is 2.16. The minimum Gasteiger partial charge on any atom is -0.382 e. The second kappa shape index (κ2) is 9.00. The van der Waals surface area contributed by atoms with E-state index in [1.165, 1.54) is 5.56 Å². The lowest BCUT2D eigenvalue weighted by Gasteiger charge is -2.12. The summed E-state index contributed by atoms with van der Waals surface area (Å²) in [5, 5.41) is 0. The molecule has 0 radical (unpaired) electrons. The third-order valence-corrected chi connectivity index (χ3v) is 5.01. The molecule has 2 heterocycles. The second-order valence-corrected chi connectivity index (χ2v) is 7.04. The van der Waals surface area contributed by atoms with Crippen LogP contribution in [0.15, 0.2) is 30.3 Å². The summed E-state index contributed by atoms with van der Waals surface area (Å²) in [6, 6.07) is 10.5. The molecule has 2 N–H and O–H groups in total. The fourth-order valence-corrected chi connectivity index (χ4v) is 3.48. The van der Waals surface area contributed by atoms with Gasteiger partial charge in [0.05, 0.1) is 12.1 Å². The van der Waals surface area contributed by atoms with Crippen molar-refractivity contribution in [3.63, 3.8) is 0 Å². The normalized spacial score (nSPS) is 11.4. The summed E-state index contributed by atoms with van der Waals surface area (Å²) in [6.07, 6.45) is 4.06. The van der Waals surface area contributed by atoms with Crippen LogP contribution in [0.5, 0.6) is 0 Å². The highest BCUT2D eigenvalue weighted by atomic mass is 16.5. The highest BCUT2D eigenvalue weighted by Crippen LogP contribution is 2.26. The van der Waals surface area contributed by atoms with Gasteiger partial charge in [0.25, 0.3) is 0 Å². The Labute approximate surface area is 161 Å². The molecule has 0 saturated carbocycles. The number of nitrogens with zero attached hydrogens (tertiary/aromatic N) is 3. The van der Waals surface area contributed by atoms with Gasteiger partial charge in [-0.1, -0.05) is 37.3 Å². The van der Waals surface area contributed by atoms with Crippen LogP contribution < -0.4 is 5.73 Å². The lowest BCUT2D eigenvalue weighted by molar-refractivity contribution is 0.124. The molecule has 0 aliphatic heterocycles. The summed E-state index contributed by atoms with van der Waals surface area (Å²) in [5.74, 6) is 1.59. The van der Waals surface area contributed by atoms with Crippen molar-refractivity contribution in [1.82, 2.24) is 14.5 Å². The number of aromatic nitrogens is 3. The molecule has 3 rings (SSSR count). The second-order valence-electron chi connectivity index (χ2n) is 7.04. The molecule has 144 valence electrons. The fraction of sp³-hybridized carbons (Fsp3) is 0.455. The lowest BCUT2D eigenvalue weighted by Crippen LogP contribution is -2.11. The average Bonchev–Trinajstić information content (AvgIpc) is 3.03. The predicted molar refractivity (Wildman–Crippen MR) is 111 cm³/mol. The van der Waals surface area contributed by atoms with Gasteiger partial charge >= 0.3 is 0 Å². The van der Waals surface area contributed by atoms with Gasteiger partial charge in [-0.05, 0) is 44.2 Å². The van der Waals surface area contributed by atoms with E-state index in [-0.39, 0.29) is 0 Å². The Balaban J connectivity index is 1.64. The number of aryl methyl sites for hydroxylation is 4. The van der Waals surface area contributed by atoms with Gasteiger partial charge in [0.2, 0.25) is 0 Å². The molecule has 0 unspecified atom stereocenters. The van der Waals surface area contributed by atoms with E-state index in [0.717, 1.165) is 67.0 Å². The number of rotatable bonds is 9. The van der Waals surface area contributed by atoms with E-state index in [2.05, 4.69) is 53.7 Å². The molecular formula is C22H30N4O. The van der Waals surface area contributed by atoms with Crippen molar-refractivity contribution >= 4 is 16.9 Å². The summed E-state index contributed by atoms with van der Waals surface area (Å²) >= 11 is 0. The Bertz CT molecular complexity index is 886. The minimum atomic E-state index is 0.521. The zero-order valence-corrected chi connectivity index (χ0v) is 16.7. The molecular weight excluding hydrogens is 336 g/mol. The Morgan fingerprint density at radius 2 is 1.81 bits per heavy atom. The molecule has 3 aromatic rings. The van der Waals surface area contributed by atoms with Crippen molar-refractivity contribution in [3.8, 4) is 0 Å². The van der Waals surface area contributed by atoms with Crippen molar-refractivity contribution in [1.29, 1.82) is 0 Å². The highest BCUT2D eigenvalue weighted by molar-refractivity contribution is 5.88. The van der Waals surface area contributed by atoms with Crippen LogP contribution in [0.3, 0.4) is 0 Å². The zero-order valence-electron chi connectivity index (χ0n) is 16.7. The van der Waals surface area contributed by atoms with Crippen molar-refractivity contribution in [3.05, 3.63) is 53.0 Å². The zero-order chi connectivity index (χ0) is 19.2. The molecule has 27 heavy (non-hydrogen) atoms. The Morgan fingerprint density at radius 1 is 1.04 bits per heavy atom. The van der Waals surface area contributed by atoms with Gasteiger partial charge in [-0.3, -0.25) is 0 Å². The average molecular weight is 367 g/mol. The van der Waals surface area contributed by atoms with E-state index >= 15 is 0 Å². The maximum Gasteiger partial charge on any atom is 0.151 e. The maximum absolute atomic E-state index is 6.14. The molecule has 0 amide bonds. The number of fused-ring (bicyclic) bond motifs is 1. The number of nitrogens with two attached hydrogens (primary N) is 1. The number of nitrogen functional groups attached to an aromatic ring is 1. The van der Waals surface area contributed by atoms with Gasteiger partial charge in [0.1, 0.15) is 11.3 Å². The third kappa shape index (κ3) is 4.48. The first-order chi connectivity index (χ1) is 13.1. The van der Waals surface area contributed by atoms with Crippen LogP contribution in [0.4, 0.5) is 5.82 Å². The Morgan fingerprint density at radius 3 is 2.56 bits per heavy atom. The van der Waals surface area contributed by atoms with Gasteiger partial charge in [0.15, 0.2) is 5.82 Å². The Hall–Kier alpha value is -2.40. The molecule has 5 nitrogen and oxygen atoms in total. The first-order valence-electron chi connectivity index (χ1n) is 9.85. The minimum absolute atomic E-state index is 0.521. The molecule has 0 atom stereocenters. The van der Waals surface area contributed by atoms with E-state index in [1.54, 1.807) is 0 Å². The molecule has 0 aliphatic rings. The molecule has 0 bridgehead atoms. The molecule has 0 aliphatic carbocycles. The van der Waals surface area contributed by atoms with E-state index in [4.69, 9.17) is 15.5 Å². The molecule has 0 saturated heterocycles. The van der Waals surface area contributed by atoms with Gasteiger partial charge < -0.3 is 15.0 Å². The first kappa shape index (κ1) is 19.4. The molecule has 0 fully saturated rings. The van der Waals surface area contributed by atoms with Crippen molar-refractivity contribution in [2.24, 2.45) is 0 Å². The lowest BCUT2D eigenvalue weighted by atomic mass is 10.1. The van der Waals surface area contributed by atoms with E-state index in [1.807, 2.05) is 6.92 Å². The Kier molecular flexibility index (Phi) is 6.45. The molecule has 2 aromatic heterocycles. The number of benzene rings is 1. The van der Waals surface area contributed by atoms with Crippen molar-refractivity contribution in [2.75, 3.05) is 18.9 Å². The van der Waals surface area contributed by atoms with Crippen molar-refractivity contribution in [2.45, 2.75) is 53.0 Å². The predicted octanol–water partition coefficient (Wildman–Crippen LogP) is 4.23. The number of pyridine rings is 1. The topological polar surface area (TPSA) is 66.0 Å². The number of ether oxygens (including phenoxy) is 1. The van der Waals surface area contributed by atoms with Crippen LogP contribution in [0.25, 0.3) is 11.0 Å². The maximum atomic E-state index is 6.14. The summed E-state index contributed by atoms with van der Waals surface area (Å²) in [4.78, 5) is 9.21. The van der Waals surface area contributed by atoms with Crippen molar-refractivity contribution < 1.29 is 4.74 Å². The van der Waals surface area contributed by atoms with Gasteiger partial charge in [-0.15, -0.1) is 0 Å². The van der Waals surface area contributed by atoms with Crippen LogP contribution >= 0.6 is 0 Å². The molecule has 1 aromatic carbocycles. The van der Waals surface area contributed by atoms with Crippen LogP contribution in [0.2, 0.25) is 0 Å². The smallest absolute Gasteiger partial charge is 0.151 e. The van der Waals surface area contributed by atoms with E-state index in [0.29, 0.717) is 12.4 Å². The van der Waals surface area contributed by atoms with Crippen LogP contribution in [0, 0.1) is 13.8 Å². The van der Waals surface area contributed by atoms with Gasteiger partial charge in [0, 0.05) is 25.3 Å². The quantitative estimate of drug-likeness (QED) is 0.576. The van der Waals surface area contributed by atoms with Gasteiger partial charge in [-0.25, -0.2) is 9.97 Å². The standard InChI is InChI=1S/C22H30N4O/c1-4-9-19-25-20-21(16(2)17(3)24-22(20)23)26(19)13-15-27-14-8-12-18-10-6-5-7-11-18/h5-7,10-11H,4,8-9,12-15H2,1-3H3,(H2,23,24). The van der Waals surface area contributed by atoms with Crippen LogP contribution in [0.1, 0.15) is 42.4 Å². The van der Waals surface area contributed by atoms with Crippen LogP contribution in [-0.4, -0.2) is 27.7 Å². The monoisotopic (exact) mass is 366 g/mol. The first-order valence-corrected chi connectivity index (χ1v) is 9.85. The largest absolute Gasteiger partial charge is 0.382 e. The fourth-order valence-electron chi connectivity index (χ4n) is 3.48. The number of hydrogen-bond donors (Lipinski definition) is 1. The summed E-state index contributed by atoms with van der Waals surface area (Å²) < 4.78 is 8.19. The number of imidazole rings is 1. The molecule has 5 heteroatoms. The summed E-state index contributed by atoms with van der Waals surface area (Å²) in [6.45, 7) is 8.51. The SMILES string of the molecule is CCCc1nc2c(N)nc(C)c(C)c2n1CCOCCCc1ccccc1. The van der Waals surface area contributed by atoms with Crippen LogP contribution in [-0.2, 0) is 24.1 Å². The molecule has 0 spiro atoms. The van der Waals surface area contributed by atoms with E-state index in [9.17, 15) is 0 Å². The number of anilines is 1. The summed E-state index contributed by atoms with van der Waals surface area (Å²) in [5.41, 5.74) is 11.5.